The Labute approximate surface area is 181 Å². The molecule has 1 aromatic carbocycles. The van der Waals surface area contributed by atoms with E-state index in [9.17, 15) is 0 Å². The van der Waals surface area contributed by atoms with E-state index in [4.69, 9.17) is 38.8 Å². The first-order valence-electron chi connectivity index (χ1n) is 10.5. The summed E-state index contributed by atoms with van der Waals surface area (Å²) < 4.78 is 2.24. The van der Waals surface area contributed by atoms with Crippen molar-refractivity contribution in [3.8, 4) is 0 Å². The number of nitrogens with zero attached hydrogens (tertiary/aromatic N) is 4. The van der Waals surface area contributed by atoms with Gasteiger partial charge in [-0.05, 0) is 31.4 Å². The van der Waals surface area contributed by atoms with E-state index < -0.39 is 0 Å². The van der Waals surface area contributed by atoms with Gasteiger partial charge in [0.15, 0.2) is 17.0 Å². The van der Waals surface area contributed by atoms with Gasteiger partial charge in [0.1, 0.15) is 5.82 Å². The maximum Gasteiger partial charge on any atom is 0.226 e. The Morgan fingerprint density at radius 1 is 1.17 bits per heavy atom. The fourth-order valence-electron chi connectivity index (χ4n) is 4.13. The number of fused-ring (bicyclic) bond motifs is 1. The zero-order valence-corrected chi connectivity index (χ0v) is 18.0. The highest BCUT2D eigenvalue weighted by atomic mass is 35.5. The predicted molar refractivity (Wildman–Crippen MR) is 123 cm³/mol. The van der Waals surface area contributed by atoms with Crippen LogP contribution >= 0.6 is 11.6 Å². The molecule has 1 unspecified atom stereocenters. The second kappa shape index (κ2) is 8.65. The quantitative estimate of drug-likeness (QED) is 0.441. The Balaban J connectivity index is 1.81. The number of imidazole rings is 1. The lowest BCUT2D eigenvalue weighted by Gasteiger charge is -2.25. The lowest BCUT2D eigenvalue weighted by Crippen LogP contribution is -2.26. The number of hydrogen-bond acceptors (Lipinski definition) is 7. The molecule has 160 valence electrons. The van der Waals surface area contributed by atoms with E-state index in [-0.39, 0.29) is 6.04 Å². The Morgan fingerprint density at radius 2 is 1.93 bits per heavy atom. The van der Waals surface area contributed by atoms with Crippen LogP contribution in [0.5, 0.6) is 0 Å². The van der Waals surface area contributed by atoms with Gasteiger partial charge in [-0.25, -0.2) is 4.98 Å². The molecular weight excluding hydrogens is 400 g/mol. The zero-order chi connectivity index (χ0) is 21.3. The molecule has 2 heterocycles. The summed E-state index contributed by atoms with van der Waals surface area (Å²) in [6.07, 6.45) is 6.39. The molecule has 0 bridgehead atoms. The summed E-state index contributed by atoms with van der Waals surface area (Å²) in [6.45, 7) is 2.49. The lowest BCUT2D eigenvalue weighted by atomic mass is 9.95. The summed E-state index contributed by atoms with van der Waals surface area (Å²) in [6, 6.07) is 6.00. The third kappa shape index (κ3) is 4.15. The summed E-state index contributed by atoms with van der Waals surface area (Å²) in [5.41, 5.74) is 21.3. The average Bonchev–Trinajstić information content (AvgIpc) is 3.09. The Hall–Kier alpha value is -2.58. The number of nitrogens with two attached hydrogens (primary N) is 3. The highest BCUT2D eigenvalue weighted by Crippen LogP contribution is 2.35. The first-order chi connectivity index (χ1) is 14.4. The van der Waals surface area contributed by atoms with Gasteiger partial charge in [0.25, 0.3) is 0 Å². The van der Waals surface area contributed by atoms with Crippen LogP contribution in [-0.2, 0) is 6.42 Å². The van der Waals surface area contributed by atoms with Crippen molar-refractivity contribution in [2.45, 2.75) is 57.5 Å². The normalized spacial score (nSPS) is 16.1. The van der Waals surface area contributed by atoms with Crippen molar-refractivity contribution in [2.24, 2.45) is 5.73 Å². The van der Waals surface area contributed by atoms with Gasteiger partial charge in [-0.3, -0.25) is 0 Å². The van der Waals surface area contributed by atoms with Crippen LogP contribution in [0.4, 0.5) is 17.5 Å². The van der Waals surface area contributed by atoms with Crippen LogP contribution in [0.25, 0.3) is 11.2 Å². The SMILES string of the molecule is CC(N)CNc1nc(N)c2nc(Cc3cccc(Cl)c3N)n(C3CCCCC3)c2n1. The van der Waals surface area contributed by atoms with Gasteiger partial charge in [0.2, 0.25) is 5.95 Å². The minimum atomic E-state index is -0.0184. The van der Waals surface area contributed by atoms with Crippen LogP contribution in [-0.4, -0.2) is 32.1 Å². The molecule has 2 aromatic heterocycles. The average molecular weight is 429 g/mol. The minimum absolute atomic E-state index is 0.0184. The van der Waals surface area contributed by atoms with Crippen LogP contribution in [0, 0.1) is 0 Å². The molecule has 1 atom stereocenters. The van der Waals surface area contributed by atoms with Crippen LogP contribution < -0.4 is 22.5 Å². The highest BCUT2D eigenvalue weighted by Gasteiger charge is 2.25. The van der Waals surface area contributed by atoms with E-state index in [0.29, 0.717) is 47.0 Å². The van der Waals surface area contributed by atoms with Crippen LogP contribution in [0.1, 0.15) is 56.5 Å². The van der Waals surface area contributed by atoms with Crippen molar-refractivity contribution in [2.75, 3.05) is 23.3 Å². The molecule has 0 radical (unpaired) electrons. The summed E-state index contributed by atoms with van der Waals surface area (Å²) in [7, 11) is 0. The van der Waals surface area contributed by atoms with Crippen molar-refractivity contribution in [3.05, 3.63) is 34.6 Å². The smallest absolute Gasteiger partial charge is 0.226 e. The van der Waals surface area contributed by atoms with Gasteiger partial charge in [-0.2, -0.15) is 9.97 Å². The molecule has 1 aliphatic rings. The fraction of sp³-hybridized carbons (Fsp3) is 0.476. The number of aromatic nitrogens is 4. The number of hydrogen-bond donors (Lipinski definition) is 4. The van der Waals surface area contributed by atoms with Gasteiger partial charge in [-0.1, -0.05) is 43.0 Å². The van der Waals surface area contributed by atoms with Gasteiger partial charge in [0, 0.05) is 25.0 Å². The Bertz CT molecular complexity index is 1040. The van der Waals surface area contributed by atoms with Crippen LogP contribution in [0.15, 0.2) is 18.2 Å². The summed E-state index contributed by atoms with van der Waals surface area (Å²) in [5.74, 6) is 1.72. The highest BCUT2D eigenvalue weighted by molar-refractivity contribution is 6.33. The molecule has 0 amide bonds. The summed E-state index contributed by atoms with van der Waals surface area (Å²) >= 11 is 6.24. The van der Waals surface area contributed by atoms with E-state index in [1.807, 2.05) is 19.1 Å². The number of para-hydroxylation sites is 1. The van der Waals surface area contributed by atoms with E-state index in [1.54, 1.807) is 6.07 Å². The van der Waals surface area contributed by atoms with Gasteiger partial charge in [-0.15, -0.1) is 0 Å². The Kier molecular flexibility index (Phi) is 5.97. The van der Waals surface area contributed by atoms with Crippen molar-refractivity contribution in [3.63, 3.8) is 0 Å². The predicted octanol–water partition coefficient (Wildman–Crippen LogP) is 3.50. The van der Waals surface area contributed by atoms with Crippen LogP contribution in [0.2, 0.25) is 5.02 Å². The van der Waals surface area contributed by atoms with E-state index >= 15 is 0 Å². The molecule has 1 saturated carbocycles. The molecule has 30 heavy (non-hydrogen) atoms. The first-order valence-corrected chi connectivity index (χ1v) is 10.9. The largest absolute Gasteiger partial charge is 0.397 e. The zero-order valence-electron chi connectivity index (χ0n) is 17.2. The summed E-state index contributed by atoms with van der Waals surface area (Å²) in [4.78, 5) is 14.0. The molecule has 0 spiro atoms. The molecule has 3 aromatic rings. The van der Waals surface area contributed by atoms with Crippen molar-refractivity contribution in [1.82, 2.24) is 19.5 Å². The van der Waals surface area contributed by atoms with Crippen LogP contribution in [0.3, 0.4) is 0 Å². The topological polar surface area (TPSA) is 134 Å². The minimum Gasteiger partial charge on any atom is -0.397 e. The second-order valence-electron chi connectivity index (χ2n) is 8.14. The maximum absolute atomic E-state index is 6.28. The molecule has 1 aliphatic carbocycles. The number of benzene rings is 1. The molecular formula is C21H29ClN8. The van der Waals surface area contributed by atoms with Gasteiger partial charge < -0.3 is 27.1 Å². The molecule has 0 aliphatic heterocycles. The van der Waals surface area contributed by atoms with Gasteiger partial charge in [0.05, 0.1) is 10.7 Å². The van der Waals surface area contributed by atoms with E-state index in [2.05, 4.69) is 14.9 Å². The second-order valence-corrected chi connectivity index (χ2v) is 8.55. The first kappa shape index (κ1) is 20.7. The number of rotatable bonds is 6. The molecule has 7 N–H and O–H groups in total. The fourth-order valence-corrected chi connectivity index (χ4v) is 4.32. The monoisotopic (exact) mass is 428 g/mol. The number of halogens is 1. The van der Waals surface area contributed by atoms with E-state index in [0.717, 1.165) is 29.9 Å². The van der Waals surface area contributed by atoms with E-state index in [1.165, 1.54) is 19.3 Å². The molecule has 4 rings (SSSR count). The molecule has 1 fully saturated rings. The number of anilines is 3. The lowest BCUT2D eigenvalue weighted by molar-refractivity contribution is 0.352. The van der Waals surface area contributed by atoms with Crippen molar-refractivity contribution >= 4 is 40.2 Å². The third-order valence-electron chi connectivity index (χ3n) is 5.65. The molecule has 0 saturated heterocycles. The standard InChI is InChI=1S/C21H29ClN8/c1-12(23)11-26-21-28-19(25)18-20(29-21)30(14-7-3-2-4-8-14)16(27-18)10-13-6-5-9-15(22)17(13)24/h5-6,9,12,14H,2-4,7-8,10-11,23-24H2,1H3,(H3,25,26,28,29). The van der Waals surface area contributed by atoms with Gasteiger partial charge >= 0.3 is 0 Å². The summed E-state index contributed by atoms with van der Waals surface area (Å²) in [5, 5.41) is 3.73. The third-order valence-corrected chi connectivity index (χ3v) is 5.98. The Morgan fingerprint density at radius 3 is 2.67 bits per heavy atom. The molecule has 9 heteroatoms. The number of nitrogens with one attached hydrogen (secondary N) is 1. The number of nitrogen functional groups attached to an aromatic ring is 2. The van der Waals surface area contributed by atoms with Crippen molar-refractivity contribution < 1.29 is 0 Å². The van der Waals surface area contributed by atoms with Crippen molar-refractivity contribution in [1.29, 1.82) is 0 Å². The molecule has 8 nitrogen and oxygen atoms in total. The maximum atomic E-state index is 6.28.